The maximum absolute atomic E-state index is 11.7. The molecular weight excluding hydrogens is 238 g/mol. The molecule has 2 unspecified atom stereocenters. The summed E-state index contributed by atoms with van der Waals surface area (Å²) >= 11 is 1.47. The number of amides is 1. The Kier molecular flexibility index (Phi) is 5.11. The van der Waals surface area contributed by atoms with Gasteiger partial charge in [-0.1, -0.05) is 13.0 Å². The molecule has 2 N–H and O–H groups in total. The van der Waals surface area contributed by atoms with Crippen molar-refractivity contribution in [1.29, 1.82) is 0 Å². The van der Waals surface area contributed by atoms with Crippen LogP contribution in [-0.2, 0) is 15.1 Å². The van der Waals surface area contributed by atoms with E-state index in [0.29, 0.717) is 6.61 Å². The minimum atomic E-state index is -1.02. The third-order valence-corrected chi connectivity index (χ3v) is 3.65. The maximum Gasteiger partial charge on any atom is 0.225 e. The Morgan fingerprint density at radius 3 is 2.94 bits per heavy atom. The van der Waals surface area contributed by atoms with Crippen LogP contribution in [0.2, 0.25) is 0 Å². The van der Waals surface area contributed by atoms with Crippen molar-refractivity contribution in [3.8, 4) is 0 Å². The monoisotopic (exact) mass is 257 g/mol. The number of carbonyl (C=O) groups excluding carboxylic acids is 1. The zero-order chi connectivity index (χ0) is 12.9. The summed E-state index contributed by atoms with van der Waals surface area (Å²) in [6.07, 6.45) is 0. The molecule has 96 valence electrons. The number of nitrogens with one attached hydrogen (secondary N) is 1. The second-order valence-corrected chi connectivity index (χ2v) is 5.27. The fraction of sp³-hybridized carbons (Fsp3) is 0.583. The SMILES string of the molecule is COCC(C)C(=O)NCC(C)(O)c1cccs1. The van der Waals surface area contributed by atoms with E-state index in [4.69, 9.17) is 4.74 Å². The molecule has 1 aromatic rings. The van der Waals surface area contributed by atoms with Gasteiger partial charge < -0.3 is 15.2 Å². The highest BCUT2D eigenvalue weighted by Gasteiger charge is 2.25. The van der Waals surface area contributed by atoms with Gasteiger partial charge in [-0.05, 0) is 18.4 Å². The quantitative estimate of drug-likeness (QED) is 0.809. The predicted octanol–water partition coefficient (Wildman–Crippen LogP) is 1.35. The Morgan fingerprint density at radius 2 is 2.41 bits per heavy atom. The number of methoxy groups -OCH3 is 1. The first-order valence-electron chi connectivity index (χ1n) is 5.50. The summed E-state index contributed by atoms with van der Waals surface area (Å²) in [6.45, 7) is 4.08. The Morgan fingerprint density at radius 1 is 1.71 bits per heavy atom. The summed E-state index contributed by atoms with van der Waals surface area (Å²) in [5, 5.41) is 14.8. The minimum Gasteiger partial charge on any atom is -0.384 e. The maximum atomic E-state index is 11.7. The van der Waals surface area contributed by atoms with Crippen LogP contribution >= 0.6 is 11.3 Å². The zero-order valence-corrected chi connectivity index (χ0v) is 11.2. The van der Waals surface area contributed by atoms with Crippen molar-refractivity contribution >= 4 is 17.2 Å². The molecule has 4 nitrogen and oxygen atoms in total. The molecule has 0 bridgehead atoms. The van der Waals surface area contributed by atoms with Gasteiger partial charge in [0.1, 0.15) is 5.60 Å². The average molecular weight is 257 g/mol. The van der Waals surface area contributed by atoms with Crippen LogP contribution in [0.3, 0.4) is 0 Å². The smallest absolute Gasteiger partial charge is 0.225 e. The number of ether oxygens (including phenoxy) is 1. The molecule has 0 aromatic carbocycles. The van der Waals surface area contributed by atoms with Gasteiger partial charge in [0.15, 0.2) is 0 Å². The third kappa shape index (κ3) is 4.11. The van der Waals surface area contributed by atoms with E-state index in [-0.39, 0.29) is 18.4 Å². The molecule has 0 aliphatic rings. The second kappa shape index (κ2) is 6.14. The van der Waals surface area contributed by atoms with Crippen LogP contribution in [0.1, 0.15) is 18.7 Å². The summed E-state index contributed by atoms with van der Waals surface area (Å²) in [6, 6.07) is 3.74. The van der Waals surface area contributed by atoms with Crippen molar-refractivity contribution < 1.29 is 14.6 Å². The zero-order valence-electron chi connectivity index (χ0n) is 10.4. The number of aliphatic hydroxyl groups is 1. The molecule has 0 fully saturated rings. The highest BCUT2D eigenvalue weighted by Crippen LogP contribution is 2.24. The second-order valence-electron chi connectivity index (χ2n) is 4.33. The lowest BCUT2D eigenvalue weighted by Crippen LogP contribution is -2.41. The fourth-order valence-electron chi connectivity index (χ4n) is 1.43. The number of hydrogen-bond donors (Lipinski definition) is 2. The standard InChI is InChI=1S/C12H19NO3S/c1-9(7-16-3)11(14)13-8-12(2,15)10-5-4-6-17-10/h4-6,9,15H,7-8H2,1-3H3,(H,13,14). The molecule has 17 heavy (non-hydrogen) atoms. The lowest BCUT2D eigenvalue weighted by molar-refractivity contribution is -0.127. The first-order chi connectivity index (χ1) is 7.97. The van der Waals surface area contributed by atoms with E-state index in [1.165, 1.54) is 11.3 Å². The van der Waals surface area contributed by atoms with Crippen LogP contribution in [0.5, 0.6) is 0 Å². The van der Waals surface area contributed by atoms with Crippen LogP contribution in [-0.4, -0.2) is 31.3 Å². The first-order valence-corrected chi connectivity index (χ1v) is 6.38. The Hall–Kier alpha value is -0.910. The Bertz CT molecular complexity index is 349. The molecule has 2 atom stereocenters. The minimum absolute atomic E-state index is 0.108. The first kappa shape index (κ1) is 14.2. The third-order valence-electron chi connectivity index (χ3n) is 2.52. The largest absolute Gasteiger partial charge is 0.384 e. The molecule has 1 aromatic heterocycles. The fourth-order valence-corrected chi connectivity index (χ4v) is 2.22. The Labute approximate surface area is 106 Å². The van der Waals surface area contributed by atoms with Gasteiger partial charge in [0.25, 0.3) is 0 Å². The molecule has 0 saturated carbocycles. The van der Waals surface area contributed by atoms with Crippen LogP contribution in [0.4, 0.5) is 0 Å². The number of rotatable bonds is 6. The van der Waals surface area contributed by atoms with E-state index < -0.39 is 5.60 Å². The van der Waals surface area contributed by atoms with Crippen molar-refractivity contribution in [2.45, 2.75) is 19.4 Å². The molecule has 1 rings (SSSR count). The molecule has 0 spiro atoms. The molecule has 0 radical (unpaired) electrons. The van der Waals surface area contributed by atoms with Crippen molar-refractivity contribution in [2.24, 2.45) is 5.92 Å². The molecule has 0 aliphatic heterocycles. The molecule has 1 heterocycles. The predicted molar refractivity (Wildman–Crippen MR) is 67.9 cm³/mol. The van der Waals surface area contributed by atoms with Crippen molar-refractivity contribution in [3.05, 3.63) is 22.4 Å². The average Bonchev–Trinajstić information content (AvgIpc) is 2.80. The van der Waals surface area contributed by atoms with Crippen molar-refractivity contribution in [3.63, 3.8) is 0 Å². The molecule has 1 amide bonds. The molecule has 5 heteroatoms. The molecular formula is C12H19NO3S. The van der Waals surface area contributed by atoms with Crippen molar-refractivity contribution in [1.82, 2.24) is 5.32 Å². The van der Waals surface area contributed by atoms with Gasteiger partial charge in [0.05, 0.1) is 19.1 Å². The van der Waals surface area contributed by atoms with Crippen molar-refractivity contribution in [2.75, 3.05) is 20.3 Å². The normalized spacial score (nSPS) is 16.2. The number of hydrogen-bond acceptors (Lipinski definition) is 4. The molecule has 0 saturated heterocycles. The number of carbonyl (C=O) groups is 1. The van der Waals surface area contributed by atoms with Gasteiger partial charge in [0.2, 0.25) is 5.91 Å². The summed E-state index contributed by atoms with van der Waals surface area (Å²) in [5.41, 5.74) is -1.02. The van der Waals surface area contributed by atoms with Crippen LogP contribution in [0, 0.1) is 5.92 Å². The van der Waals surface area contributed by atoms with E-state index in [1.807, 2.05) is 17.5 Å². The van der Waals surface area contributed by atoms with Gasteiger partial charge in [-0.15, -0.1) is 11.3 Å². The van der Waals surface area contributed by atoms with E-state index in [9.17, 15) is 9.90 Å². The van der Waals surface area contributed by atoms with Crippen LogP contribution < -0.4 is 5.32 Å². The lowest BCUT2D eigenvalue weighted by Gasteiger charge is -2.23. The van der Waals surface area contributed by atoms with Gasteiger partial charge in [-0.3, -0.25) is 4.79 Å². The topological polar surface area (TPSA) is 58.6 Å². The Balaban J connectivity index is 2.47. The highest BCUT2D eigenvalue weighted by molar-refractivity contribution is 7.10. The summed E-state index contributed by atoms with van der Waals surface area (Å²) < 4.78 is 4.91. The van der Waals surface area contributed by atoms with Crippen LogP contribution in [0.15, 0.2) is 17.5 Å². The summed E-state index contributed by atoms with van der Waals surface area (Å²) in [4.78, 5) is 12.5. The number of thiophene rings is 1. The van der Waals surface area contributed by atoms with E-state index in [0.717, 1.165) is 4.88 Å². The summed E-state index contributed by atoms with van der Waals surface area (Å²) in [7, 11) is 1.56. The van der Waals surface area contributed by atoms with Gasteiger partial charge in [0, 0.05) is 12.0 Å². The summed E-state index contributed by atoms with van der Waals surface area (Å²) in [5.74, 6) is -0.317. The van der Waals surface area contributed by atoms with Gasteiger partial charge in [-0.25, -0.2) is 0 Å². The van der Waals surface area contributed by atoms with E-state index >= 15 is 0 Å². The van der Waals surface area contributed by atoms with E-state index in [1.54, 1.807) is 21.0 Å². The van der Waals surface area contributed by atoms with E-state index in [2.05, 4.69) is 5.32 Å². The van der Waals surface area contributed by atoms with Gasteiger partial charge >= 0.3 is 0 Å². The van der Waals surface area contributed by atoms with Gasteiger partial charge in [-0.2, -0.15) is 0 Å². The molecule has 0 aliphatic carbocycles. The lowest BCUT2D eigenvalue weighted by atomic mass is 10.0. The highest BCUT2D eigenvalue weighted by atomic mass is 32.1. The van der Waals surface area contributed by atoms with Crippen LogP contribution in [0.25, 0.3) is 0 Å².